The summed E-state index contributed by atoms with van der Waals surface area (Å²) in [6.07, 6.45) is 0. The molecule has 1 amide bonds. The zero-order chi connectivity index (χ0) is 16.7. The molecule has 122 valence electrons. The molecule has 0 fully saturated rings. The van der Waals surface area contributed by atoms with E-state index in [9.17, 15) is 13.6 Å². The molecular formula is C17H18F2N2O2. The largest absolute Gasteiger partial charge is 0.492 e. The Kier molecular flexibility index (Phi) is 6.05. The predicted octanol–water partition coefficient (Wildman–Crippen LogP) is 2.91. The van der Waals surface area contributed by atoms with Gasteiger partial charge in [0.15, 0.2) is 0 Å². The van der Waals surface area contributed by atoms with Gasteiger partial charge in [0, 0.05) is 6.54 Å². The van der Waals surface area contributed by atoms with Gasteiger partial charge >= 0.3 is 0 Å². The Bertz CT molecular complexity index is 630. The van der Waals surface area contributed by atoms with Gasteiger partial charge in [0.1, 0.15) is 29.7 Å². The Balaban J connectivity index is 1.76. The van der Waals surface area contributed by atoms with Crippen LogP contribution in [0.4, 0.5) is 14.5 Å². The zero-order valence-electron chi connectivity index (χ0n) is 12.8. The molecule has 2 rings (SSSR count). The first-order valence-electron chi connectivity index (χ1n) is 7.16. The van der Waals surface area contributed by atoms with E-state index in [-0.39, 0.29) is 6.54 Å². The highest BCUT2D eigenvalue weighted by molar-refractivity contribution is 5.92. The van der Waals surface area contributed by atoms with Crippen molar-refractivity contribution in [3.8, 4) is 5.75 Å². The number of anilines is 1. The maximum absolute atomic E-state index is 13.5. The average molecular weight is 320 g/mol. The number of halogens is 2. The summed E-state index contributed by atoms with van der Waals surface area (Å²) in [7, 11) is 1.73. The maximum Gasteiger partial charge on any atom is 0.238 e. The van der Waals surface area contributed by atoms with Gasteiger partial charge < -0.3 is 10.1 Å². The minimum Gasteiger partial charge on any atom is -0.492 e. The molecular weight excluding hydrogens is 302 g/mol. The first kappa shape index (κ1) is 16.9. The highest BCUT2D eigenvalue weighted by Gasteiger charge is 2.13. The van der Waals surface area contributed by atoms with E-state index < -0.39 is 23.2 Å². The first-order valence-corrected chi connectivity index (χ1v) is 7.16. The lowest BCUT2D eigenvalue weighted by atomic mass is 10.3. The van der Waals surface area contributed by atoms with Crippen LogP contribution >= 0.6 is 0 Å². The molecule has 6 heteroatoms. The molecule has 2 aromatic rings. The number of likely N-dealkylation sites (N-methyl/N-ethyl adjacent to an activating group) is 1. The number of hydrogen-bond donors (Lipinski definition) is 1. The Hall–Kier alpha value is -2.47. The van der Waals surface area contributed by atoms with E-state index in [2.05, 4.69) is 5.32 Å². The van der Waals surface area contributed by atoms with E-state index in [1.807, 2.05) is 30.3 Å². The molecule has 0 aliphatic heterocycles. The summed E-state index contributed by atoms with van der Waals surface area (Å²) in [5.41, 5.74) is -0.425. The number of amides is 1. The second-order valence-electron chi connectivity index (χ2n) is 5.04. The van der Waals surface area contributed by atoms with Crippen molar-refractivity contribution in [2.24, 2.45) is 0 Å². The zero-order valence-corrected chi connectivity index (χ0v) is 12.8. The Morgan fingerprint density at radius 1 is 1.09 bits per heavy atom. The van der Waals surface area contributed by atoms with E-state index >= 15 is 0 Å². The number of benzene rings is 2. The van der Waals surface area contributed by atoms with Crippen LogP contribution in [0.25, 0.3) is 0 Å². The van der Waals surface area contributed by atoms with Gasteiger partial charge in [-0.25, -0.2) is 8.78 Å². The number of carbonyl (C=O) groups is 1. The van der Waals surface area contributed by atoms with E-state index in [1.54, 1.807) is 11.9 Å². The van der Waals surface area contributed by atoms with E-state index in [4.69, 9.17) is 4.74 Å². The normalized spacial score (nSPS) is 10.6. The smallest absolute Gasteiger partial charge is 0.238 e. The lowest BCUT2D eigenvalue weighted by Gasteiger charge is -2.17. The number of nitrogens with one attached hydrogen (secondary N) is 1. The summed E-state index contributed by atoms with van der Waals surface area (Å²) < 4.78 is 32.4. The van der Waals surface area contributed by atoms with Crippen LogP contribution in [0.5, 0.6) is 5.75 Å². The van der Waals surface area contributed by atoms with Crippen molar-refractivity contribution in [3.63, 3.8) is 0 Å². The number of rotatable bonds is 7. The minimum absolute atomic E-state index is 0.00588. The Morgan fingerprint density at radius 2 is 1.74 bits per heavy atom. The number of hydrogen-bond acceptors (Lipinski definition) is 3. The van der Waals surface area contributed by atoms with Crippen LogP contribution in [0, 0.1) is 11.6 Å². The van der Waals surface area contributed by atoms with Crippen LogP contribution in [0.2, 0.25) is 0 Å². The number of ether oxygens (including phenoxy) is 1. The van der Waals surface area contributed by atoms with Crippen LogP contribution in [0.15, 0.2) is 48.5 Å². The van der Waals surface area contributed by atoms with Crippen LogP contribution in [-0.2, 0) is 4.79 Å². The van der Waals surface area contributed by atoms with Crippen LogP contribution < -0.4 is 10.1 Å². The molecule has 0 saturated heterocycles. The number of nitrogens with zero attached hydrogens (tertiary/aromatic N) is 1. The fourth-order valence-electron chi connectivity index (χ4n) is 1.96. The molecule has 0 atom stereocenters. The van der Waals surface area contributed by atoms with Crippen LogP contribution in [0.3, 0.4) is 0 Å². The highest BCUT2D eigenvalue weighted by Crippen LogP contribution is 2.17. The van der Waals surface area contributed by atoms with Crippen molar-refractivity contribution in [2.75, 3.05) is 32.1 Å². The van der Waals surface area contributed by atoms with E-state index in [0.717, 1.165) is 17.9 Å². The Morgan fingerprint density at radius 3 is 2.39 bits per heavy atom. The predicted molar refractivity (Wildman–Crippen MR) is 84.4 cm³/mol. The number of para-hydroxylation sites is 2. The molecule has 0 aromatic heterocycles. The molecule has 2 aromatic carbocycles. The standard InChI is InChI=1S/C17H18F2N2O2/c1-21(10-11-23-13-6-3-2-4-7-13)12-16(22)20-17-14(18)8-5-9-15(17)19/h2-9H,10-12H2,1H3,(H,20,22). The summed E-state index contributed by atoms with van der Waals surface area (Å²) in [5.74, 6) is -1.34. The third kappa shape index (κ3) is 5.34. The quantitative estimate of drug-likeness (QED) is 0.853. The van der Waals surface area contributed by atoms with Crippen molar-refractivity contribution >= 4 is 11.6 Å². The lowest BCUT2D eigenvalue weighted by Crippen LogP contribution is -2.33. The summed E-state index contributed by atoms with van der Waals surface area (Å²) in [6.45, 7) is 0.913. The molecule has 23 heavy (non-hydrogen) atoms. The fraction of sp³-hybridized carbons (Fsp3) is 0.235. The van der Waals surface area contributed by atoms with Gasteiger partial charge in [-0.05, 0) is 31.3 Å². The monoisotopic (exact) mass is 320 g/mol. The third-order valence-electron chi connectivity index (χ3n) is 3.13. The van der Waals surface area contributed by atoms with Crippen molar-refractivity contribution in [1.82, 2.24) is 4.90 Å². The fourth-order valence-corrected chi connectivity index (χ4v) is 1.96. The Labute approximate surface area is 133 Å². The van der Waals surface area contributed by atoms with Gasteiger partial charge in [-0.1, -0.05) is 24.3 Å². The van der Waals surface area contributed by atoms with Gasteiger partial charge in [0.2, 0.25) is 5.91 Å². The van der Waals surface area contributed by atoms with Crippen molar-refractivity contribution in [3.05, 3.63) is 60.2 Å². The average Bonchev–Trinajstić information content (AvgIpc) is 2.52. The molecule has 0 aliphatic carbocycles. The second kappa shape index (κ2) is 8.24. The van der Waals surface area contributed by atoms with Crippen molar-refractivity contribution in [1.29, 1.82) is 0 Å². The molecule has 0 heterocycles. The molecule has 1 N–H and O–H groups in total. The lowest BCUT2D eigenvalue weighted by molar-refractivity contribution is -0.117. The first-order chi connectivity index (χ1) is 11.1. The maximum atomic E-state index is 13.5. The van der Waals surface area contributed by atoms with Crippen LogP contribution in [-0.4, -0.2) is 37.6 Å². The van der Waals surface area contributed by atoms with Crippen molar-refractivity contribution < 1.29 is 18.3 Å². The molecule has 0 spiro atoms. The van der Waals surface area contributed by atoms with Gasteiger partial charge in [0.05, 0.1) is 6.54 Å². The minimum atomic E-state index is -0.798. The molecule has 4 nitrogen and oxygen atoms in total. The number of carbonyl (C=O) groups excluding carboxylic acids is 1. The van der Waals surface area contributed by atoms with Gasteiger partial charge in [-0.15, -0.1) is 0 Å². The summed E-state index contributed by atoms with van der Waals surface area (Å²) >= 11 is 0. The SMILES string of the molecule is CN(CCOc1ccccc1)CC(=O)Nc1c(F)cccc1F. The topological polar surface area (TPSA) is 41.6 Å². The second-order valence-corrected chi connectivity index (χ2v) is 5.04. The summed E-state index contributed by atoms with van der Waals surface area (Å²) in [5, 5.41) is 2.25. The van der Waals surface area contributed by atoms with Crippen molar-refractivity contribution in [2.45, 2.75) is 0 Å². The van der Waals surface area contributed by atoms with Crippen LogP contribution in [0.1, 0.15) is 0 Å². The van der Waals surface area contributed by atoms with E-state index in [0.29, 0.717) is 13.2 Å². The molecule has 0 saturated carbocycles. The molecule has 0 unspecified atom stereocenters. The summed E-state index contributed by atoms with van der Waals surface area (Å²) in [6, 6.07) is 12.7. The molecule has 0 radical (unpaired) electrons. The molecule has 0 aliphatic rings. The van der Waals surface area contributed by atoms with Gasteiger partial charge in [-0.2, -0.15) is 0 Å². The van der Waals surface area contributed by atoms with Gasteiger partial charge in [0.25, 0.3) is 0 Å². The highest BCUT2D eigenvalue weighted by atomic mass is 19.1. The summed E-state index contributed by atoms with van der Waals surface area (Å²) in [4.78, 5) is 13.5. The van der Waals surface area contributed by atoms with Gasteiger partial charge in [-0.3, -0.25) is 9.69 Å². The van der Waals surface area contributed by atoms with E-state index in [1.165, 1.54) is 6.07 Å². The third-order valence-corrected chi connectivity index (χ3v) is 3.13. The molecule has 0 bridgehead atoms.